The molecule has 0 radical (unpaired) electrons. The molecular weight excluding hydrogens is 288 g/mol. The van der Waals surface area contributed by atoms with Gasteiger partial charge in [-0.3, -0.25) is 14.3 Å². The number of nitrogens with zero attached hydrogens (tertiary/aromatic N) is 2. The first-order chi connectivity index (χ1) is 9.13. The molecule has 20 heavy (non-hydrogen) atoms. The third-order valence-corrected chi connectivity index (χ3v) is 3.94. The molecule has 0 aliphatic carbocycles. The predicted molar refractivity (Wildman–Crippen MR) is 68.2 cm³/mol. The molecule has 0 aromatic carbocycles. The molecule has 1 aromatic heterocycles. The summed E-state index contributed by atoms with van der Waals surface area (Å²) in [7, 11) is -2.32. The minimum atomic E-state index is -3.88. The SMILES string of the molecule is CC(NS(=O)(=O)c1cnn(C)c1)C(=O)N[C@@H](C)C(=O)O. The zero-order chi connectivity index (χ0) is 15.5. The molecule has 1 aromatic rings. The summed E-state index contributed by atoms with van der Waals surface area (Å²) in [5, 5.41) is 14.6. The molecule has 0 spiro atoms. The topological polar surface area (TPSA) is 130 Å². The van der Waals surface area contributed by atoms with Crippen molar-refractivity contribution in [2.75, 3.05) is 0 Å². The van der Waals surface area contributed by atoms with Crippen LogP contribution in [0.2, 0.25) is 0 Å². The van der Waals surface area contributed by atoms with E-state index in [1.807, 2.05) is 0 Å². The van der Waals surface area contributed by atoms with E-state index >= 15 is 0 Å². The van der Waals surface area contributed by atoms with Gasteiger partial charge in [0.1, 0.15) is 10.9 Å². The van der Waals surface area contributed by atoms with Gasteiger partial charge in [0.15, 0.2) is 0 Å². The maximum absolute atomic E-state index is 11.9. The van der Waals surface area contributed by atoms with Gasteiger partial charge in [-0.15, -0.1) is 0 Å². The molecule has 9 nitrogen and oxygen atoms in total. The maximum Gasteiger partial charge on any atom is 0.325 e. The van der Waals surface area contributed by atoms with Crippen LogP contribution in [-0.4, -0.2) is 47.3 Å². The highest BCUT2D eigenvalue weighted by Crippen LogP contribution is 2.06. The Balaban J connectivity index is 2.72. The van der Waals surface area contributed by atoms with Gasteiger partial charge in [0.2, 0.25) is 15.9 Å². The second-order valence-corrected chi connectivity index (χ2v) is 5.98. The fourth-order valence-electron chi connectivity index (χ4n) is 1.29. The highest BCUT2D eigenvalue weighted by molar-refractivity contribution is 7.89. The fraction of sp³-hybridized carbons (Fsp3) is 0.500. The molecule has 112 valence electrons. The van der Waals surface area contributed by atoms with Crippen LogP contribution >= 0.6 is 0 Å². The van der Waals surface area contributed by atoms with Crippen LogP contribution in [0.25, 0.3) is 0 Å². The summed E-state index contributed by atoms with van der Waals surface area (Å²) in [5.41, 5.74) is 0. The molecule has 0 saturated heterocycles. The summed E-state index contributed by atoms with van der Waals surface area (Å²) in [6, 6.07) is -2.21. The molecule has 0 aliphatic rings. The maximum atomic E-state index is 11.9. The van der Waals surface area contributed by atoms with Crippen molar-refractivity contribution in [3.8, 4) is 0 Å². The summed E-state index contributed by atoms with van der Waals surface area (Å²) in [4.78, 5) is 22.2. The van der Waals surface area contributed by atoms with E-state index in [9.17, 15) is 18.0 Å². The predicted octanol–water partition coefficient (Wildman–Crippen LogP) is -1.32. The van der Waals surface area contributed by atoms with E-state index in [4.69, 9.17) is 5.11 Å². The van der Waals surface area contributed by atoms with Crippen molar-refractivity contribution in [1.29, 1.82) is 0 Å². The van der Waals surface area contributed by atoms with E-state index in [0.29, 0.717) is 0 Å². The zero-order valence-electron chi connectivity index (χ0n) is 11.2. The zero-order valence-corrected chi connectivity index (χ0v) is 12.0. The van der Waals surface area contributed by atoms with Crippen LogP contribution < -0.4 is 10.0 Å². The van der Waals surface area contributed by atoms with Gasteiger partial charge >= 0.3 is 5.97 Å². The Labute approximate surface area is 116 Å². The first-order valence-electron chi connectivity index (χ1n) is 5.67. The smallest absolute Gasteiger partial charge is 0.325 e. The lowest BCUT2D eigenvalue weighted by Crippen LogP contribution is -2.49. The van der Waals surface area contributed by atoms with E-state index in [0.717, 1.165) is 6.20 Å². The Hall–Kier alpha value is -1.94. The first-order valence-corrected chi connectivity index (χ1v) is 7.16. The van der Waals surface area contributed by atoms with Crippen LogP contribution in [0.15, 0.2) is 17.3 Å². The van der Waals surface area contributed by atoms with Crippen molar-refractivity contribution >= 4 is 21.9 Å². The molecule has 2 atom stereocenters. The molecule has 10 heteroatoms. The summed E-state index contributed by atoms with van der Waals surface area (Å²) < 4.78 is 27.3. The van der Waals surface area contributed by atoms with Gasteiger partial charge in [-0.2, -0.15) is 9.82 Å². The number of nitrogens with one attached hydrogen (secondary N) is 2. The second kappa shape index (κ2) is 6.01. The van der Waals surface area contributed by atoms with Gasteiger partial charge < -0.3 is 10.4 Å². The van der Waals surface area contributed by atoms with Gasteiger partial charge in [-0.05, 0) is 13.8 Å². The van der Waals surface area contributed by atoms with E-state index < -0.39 is 34.0 Å². The van der Waals surface area contributed by atoms with Gasteiger partial charge in [-0.1, -0.05) is 0 Å². The number of carboxylic acid groups (broad SMARTS) is 1. The van der Waals surface area contributed by atoms with Crippen molar-refractivity contribution in [2.24, 2.45) is 7.05 Å². The summed E-state index contributed by atoms with van der Waals surface area (Å²) in [5.74, 6) is -1.94. The quantitative estimate of drug-likeness (QED) is 0.597. The molecule has 1 rings (SSSR count). The second-order valence-electron chi connectivity index (χ2n) is 4.26. The number of rotatable bonds is 6. The van der Waals surface area contributed by atoms with Gasteiger partial charge in [0.05, 0.1) is 12.2 Å². The van der Waals surface area contributed by atoms with Crippen LogP contribution in [0.1, 0.15) is 13.8 Å². The molecule has 0 bridgehead atoms. The Bertz CT molecular complexity index is 609. The lowest BCUT2D eigenvalue weighted by atomic mass is 10.3. The summed E-state index contributed by atoms with van der Waals surface area (Å²) in [6.07, 6.45) is 2.43. The number of aliphatic carboxylic acids is 1. The lowest BCUT2D eigenvalue weighted by Gasteiger charge is -2.15. The van der Waals surface area contributed by atoms with Crippen molar-refractivity contribution in [3.63, 3.8) is 0 Å². The molecule has 3 N–H and O–H groups in total. The number of carboxylic acids is 1. The van der Waals surface area contributed by atoms with Gasteiger partial charge in [0, 0.05) is 13.2 Å². The monoisotopic (exact) mass is 304 g/mol. The number of carbonyl (C=O) groups excluding carboxylic acids is 1. The van der Waals surface area contributed by atoms with Crippen molar-refractivity contribution < 1.29 is 23.1 Å². The van der Waals surface area contributed by atoms with E-state index in [2.05, 4.69) is 15.1 Å². The average molecular weight is 304 g/mol. The standard InChI is InChI=1S/C10H16N4O5S/c1-6(9(15)12-7(2)10(16)17)13-20(18,19)8-4-11-14(3)5-8/h4-7,13H,1-3H3,(H,12,15)(H,16,17)/t6?,7-/m0/s1. The van der Waals surface area contributed by atoms with Crippen LogP contribution in [0.3, 0.4) is 0 Å². The van der Waals surface area contributed by atoms with Crippen LogP contribution in [0.5, 0.6) is 0 Å². The Morgan fingerprint density at radius 2 is 1.95 bits per heavy atom. The third-order valence-electron chi connectivity index (χ3n) is 2.45. The first kappa shape index (κ1) is 16.1. The highest BCUT2D eigenvalue weighted by atomic mass is 32.2. The number of amides is 1. The minimum absolute atomic E-state index is 0.0778. The highest BCUT2D eigenvalue weighted by Gasteiger charge is 2.25. The molecular formula is C10H16N4O5S. The minimum Gasteiger partial charge on any atom is -0.480 e. The largest absolute Gasteiger partial charge is 0.480 e. The third kappa shape index (κ3) is 4.03. The van der Waals surface area contributed by atoms with Crippen LogP contribution in [-0.2, 0) is 26.7 Å². The van der Waals surface area contributed by atoms with Gasteiger partial charge in [0.25, 0.3) is 0 Å². The van der Waals surface area contributed by atoms with Crippen molar-refractivity contribution in [1.82, 2.24) is 19.8 Å². The molecule has 0 fully saturated rings. The Kier molecular flexibility index (Phi) is 4.84. The molecule has 0 aliphatic heterocycles. The molecule has 1 amide bonds. The van der Waals surface area contributed by atoms with Gasteiger partial charge in [-0.25, -0.2) is 8.42 Å². The van der Waals surface area contributed by atoms with Crippen molar-refractivity contribution in [2.45, 2.75) is 30.8 Å². The average Bonchev–Trinajstić information content (AvgIpc) is 2.75. The number of sulfonamides is 1. The fourth-order valence-corrected chi connectivity index (χ4v) is 2.48. The van der Waals surface area contributed by atoms with E-state index in [-0.39, 0.29) is 4.90 Å². The lowest BCUT2D eigenvalue weighted by molar-refractivity contribution is -0.141. The van der Waals surface area contributed by atoms with Crippen LogP contribution in [0, 0.1) is 0 Å². The Morgan fingerprint density at radius 3 is 2.40 bits per heavy atom. The number of aromatic nitrogens is 2. The van der Waals surface area contributed by atoms with E-state index in [1.165, 1.54) is 24.7 Å². The van der Waals surface area contributed by atoms with Crippen LogP contribution in [0.4, 0.5) is 0 Å². The van der Waals surface area contributed by atoms with Crippen molar-refractivity contribution in [3.05, 3.63) is 12.4 Å². The number of carbonyl (C=O) groups is 2. The normalized spacial score (nSPS) is 14.6. The molecule has 1 heterocycles. The number of aryl methyl sites for hydroxylation is 1. The summed E-state index contributed by atoms with van der Waals surface area (Å²) >= 11 is 0. The Morgan fingerprint density at radius 1 is 1.35 bits per heavy atom. The van der Waals surface area contributed by atoms with E-state index in [1.54, 1.807) is 7.05 Å². The molecule has 1 unspecified atom stereocenters. The number of hydrogen-bond donors (Lipinski definition) is 3. The molecule has 0 saturated carbocycles. The summed E-state index contributed by atoms with van der Waals surface area (Å²) in [6.45, 7) is 2.60. The number of hydrogen-bond acceptors (Lipinski definition) is 5.